The van der Waals surface area contributed by atoms with Gasteiger partial charge in [0.05, 0.1) is 11.7 Å². The van der Waals surface area contributed by atoms with Crippen molar-refractivity contribution in [3.05, 3.63) is 18.0 Å². The second-order valence-electron chi connectivity index (χ2n) is 4.51. The number of aromatic nitrogens is 5. The minimum absolute atomic E-state index is 0.313. The van der Waals surface area contributed by atoms with Crippen molar-refractivity contribution in [3.8, 4) is 11.4 Å². The number of rotatable bonds is 5. The zero-order valence-corrected chi connectivity index (χ0v) is 11.2. The number of hydrogen-bond donors (Lipinski definition) is 1. The number of aryl methyl sites for hydroxylation is 1. The molecule has 0 spiro atoms. The van der Waals surface area contributed by atoms with Crippen molar-refractivity contribution in [2.75, 3.05) is 0 Å². The van der Waals surface area contributed by atoms with Gasteiger partial charge in [-0.1, -0.05) is 18.6 Å². The third-order valence-electron chi connectivity index (χ3n) is 3.15. The fourth-order valence-electron chi connectivity index (χ4n) is 2.18. The summed E-state index contributed by atoms with van der Waals surface area (Å²) in [5.74, 6) is 0. The Labute approximate surface area is 107 Å². The van der Waals surface area contributed by atoms with Crippen LogP contribution in [0.5, 0.6) is 0 Å². The summed E-state index contributed by atoms with van der Waals surface area (Å²) in [6.45, 7) is 4.71. The number of hydrogen-bond acceptors (Lipinski definition) is 4. The zero-order chi connectivity index (χ0) is 13.1. The lowest BCUT2D eigenvalue weighted by molar-refractivity contribution is 0.446. The molecule has 1 unspecified atom stereocenters. The molecule has 6 heteroatoms. The van der Waals surface area contributed by atoms with Gasteiger partial charge in [0.2, 0.25) is 0 Å². The van der Waals surface area contributed by atoms with Crippen molar-refractivity contribution < 1.29 is 0 Å². The summed E-state index contributed by atoms with van der Waals surface area (Å²) in [5, 5.41) is 12.6. The normalized spacial score (nSPS) is 12.9. The second kappa shape index (κ2) is 5.30. The molecule has 0 saturated carbocycles. The van der Waals surface area contributed by atoms with E-state index in [9.17, 15) is 0 Å². The average molecular weight is 248 g/mol. The van der Waals surface area contributed by atoms with Crippen molar-refractivity contribution >= 4 is 0 Å². The minimum atomic E-state index is 0.313. The van der Waals surface area contributed by atoms with Crippen LogP contribution >= 0.6 is 0 Å². The Morgan fingerprint density at radius 2 is 2.22 bits per heavy atom. The Bertz CT molecular complexity index is 512. The molecule has 1 atom stereocenters. The Kier molecular flexibility index (Phi) is 3.76. The first kappa shape index (κ1) is 12.8. The number of nitrogens with two attached hydrogens (primary N) is 1. The molecule has 0 amide bonds. The van der Waals surface area contributed by atoms with E-state index in [-0.39, 0.29) is 0 Å². The molecular weight excluding hydrogens is 228 g/mol. The van der Waals surface area contributed by atoms with Gasteiger partial charge in [-0.05, 0) is 19.4 Å². The van der Waals surface area contributed by atoms with E-state index in [0.717, 1.165) is 29.9 Å². The Balaban J connectivity index is 2.50. The van der Waals surface area contributed by atoms with Gasteiger partial charge >= 0.3 is 0 Å². The van der Waals surface area contributed by atoms with Crippen LogP contribution < -0.4 is 5.73 Å². The molecular formula is C12H20N6. The molecule has 6 nitrogen and oxygen atoms in total. The highest BCUT2D eigenvalue weighted by Gasteiger charge is 2.19. The van der Waals surface area contributed by atoms with E-state index in [4.69, 9.17) is 5.73 Å². The molecule has 0 fully saturated rings. The van der Waals surface area contributed by atoms with Crippen LogP contribution in [0.4, 0.5) is 0 Å². The lowest BCUT2D eigenvalue weighted by Gasteiger charge is -2.14. The topological polar surface area (TPSA) is 74.6 Å². The van der Waals surface area contributed by atoms with E-state index in [0.29, 0.717) is 12.6 Å². The summed E-state index contributed by atoms with van der Waals surface area (Å²) in [6, 6.07) is 2.28. The highest BCUT2D eigenvalue weighted by molar-refractivity contribution is 5.57. The smallest absolute Gasteiger partial charge is 0.111 e. The van der Waals surface area contributed by atoms with E-state index in [1.54, 1.807) is 6.20 Å². The van der Waals surface area contributed by atoms with Gasteiger partial charge in [0.1, 0.15) is 11.4 Å². The standard InChI is InChI=1S/C12H20N6/c1-4-5-9(2)18-12(10(8-13)15-16-18)11-6-7-14-17(11)3/h6-7,9H,4-5,8,13H2,1-3H3. The first-order valence-electron chi connectivity index (χ1n) is 6.31. The molecule has 0 aliphatic carbocycles. The fraction of sp³-hybridized carbons (Fsp3) is 0.583. The lowest BCUT2D eigenvalue weighted by Crippen LogP contribution is -2.11. The van der Waals surface area contributed by atoms with Crippen LogP contribution in [-0.2, 0) is 13.6 Å². The predicted octanol–water partition coefficient (Wildman–Crippen LogP) is 1.50. The van der Waals surface area contributed by atoms with E-state index in [2.05, 4.69) is 29.3 Å². The summed E-state index contributed by atoms with van der Waals surface area (Å²) >= 11 is 0. The van der Waals surface area contributed by atoms with Crippen molar-refractivity contribution in [2.45, 2.75) is 39.3 Å². The third kappa shape index (κ3) is 2.15. The van der Waals surface area contributed by atoms with E-state index < -0.39 is 0 Å². The van der Waals surface area contributed by atoms with Crippen LogP contribution in [0.15, 0.2) is 12.3 Å². The summed E-state index contributed by atoms with van der Waals surface area (Å²) < 4.78 is 3.79. The molecule has 0 bridgehead atoms. The highest BCUT2D eigenvalue weighted by atomic mass is 15.5. The summed E-state index contributed by atoms with van der Waals surface area (Å²) in [6.07, 6.45) is 3.96. The summed E-state index contributed by atoms with van der Waals surface area (Å²) in [4.78, 5) is 0. The van der Waals surface area contributed by atoms with Gasteiger partial charge in [-0.25, -0.2) is 4.68 Å². The van der Waals surface area contributed by atoms with Crippen molar-refractivity contribution in [3.63, 3.8) is 0 Å². The van der Waals surface area contributed by atoms with Crippen LogP contribution in [0.1, 0.15) is 38.4 Å². The maximum atomic E-state index is 5.75. The molecule has 2 N–H and O–H groups in total. The molecule has 2 aromatic heterocycles. The second-order valence-corrected chi connectivity index (χ2v) is 4.51. The molecule has 2 heterocycles. The van der Waals surface area contributed by atoms with Gasteiger partial charge in [-0.3, -0.25) is 4.68 Å². The van der Waals surface area contributed by atoms with Gasteiger partial charge in [0.15, 0.2) is 0 Å². The largest absolute Gasteiger partial charge is 0.325 e. The molecule has 98 valence electrons. The molecule has 2 rings (SSSR count). The van der Waals surface area contributed by atoms with E-state index in [1.807, 2.05) is 22.5 Å². The molecule has 0 aliphatic rings. The van der Waals surface area contributed by atoms with Gasteiger partial charge < -0.3 is 5.73 Å². The molecule has 0 radical (unpaired) electrons. The first-order chi connectivity index (χ1) is 8.69. The minimum Gasteiger partial charge on any atom is -0.325 e. The van der Waals surface area contributed by atoms with Gasteiger partial charge in [0, 0.05) is 19.8 Å². The Hall–Kier alpha value is -1.69. The Morgan fingerprint density at radius 1 is 1.44 bits per heavy atom. The fourth-order valence-corrected chi connectivity index (χ4v) is 2.18. The monoisotopic (exact) mass is 248 g/mol. The molecule has 0 saturated heterocycles. The maximum absolute atomic E-state index is 5.75. The van der Waals surface area contributed by atoms with E-state index >= 15 is 0 Å². The van der Waals surface area contributed by atoms with Crippen LogP contribution in [-0.4, -0.2) is 24.8 Å². The zero-order valence-electron chi connectivity index (χ0n) is 11.2. The van der Waals surface area contributed by atoms with E-state index in [1.165, 1.54) is 0 Å². The quantitative estimate of drug-likeness (QED) is 0.870. The van der Waals surface area contributed by atoms with Crippen molar-refractivity contribution in [2.24, 2.45) is 12.8 Å². The highest BCUT2D eigenvalue weighted by Crippen LogP contribution is 2.25. The van der Waals surface area contributed by atoms with Gasteiger partial charge in [-0.15, -0.1) is 5.10 Å². The molecule has 2 aromatic rings. The molecule has 18 heavy (non-hydrogen) atoms. The maximum Gasteiger partial charge on any atom is 0.111 e. The lowest BCUT2D eigenvalue weighted by atomic mass is 10.1. The van der Waals surface area contributed by atoms with Gasteiger partial charge in [-0.2, -0.15) is 5.10 Å². The average Bonchev–Trinajstić information content (AvgIpc) is 2.94. The third-order valence-corrected chi connectivity index (χ3v) is 3.15. The first-order valence-corrected chi connectivity index (χ1v) is 6.31. The predicted molar refractivity (Wildman–Crippen MR) is 69.7 cm³/mol. The molecule has 0 aromatic carbocycles. The molecule has 0 aliphatic heterocycles. The van der Waals surface area contributed by atoms with Gasteiger partial charge in [0.25, 0.3) is 0 Å². The van der Waals surface area contributed by atoms with Crippen LogP contribution in [0.25, 0.3) is 11.4 Å². The van der Waals surface area contributed by atoms with Crippen molar-refractivity contribution in [1.82, 2.24) is 24.8 Å². The van der Waals surface area contributed by atoms with Crippen LogP contribution in [0, 0.1) is 0 Å². The number of nitrogens with zero attached hydrogens (tertiary/aromatic N) is 5. The van der Waals surface area contributed by atoms with Crippen molar-refractivity contribution in [1.29, 1.82) is 0 Å². The van der Waals surface area contributed by atoms with Crippen LogP contribution in [0.3, 0.4) is 0 Å². The van der Waals surface area contributed by atoms with Crippen LogP contribution in [0.2, 0.25) is 0 Å². The Morgan fingerprint density at radius 3 is 2.78 bits per heavy atom. The SMILES string of the molecule is CCCC(C)n1nnc(CN)c1-c1ccnn1C. The summed E-state index contributed by atoms with van der Waals surface area (Å²) in [7, 11) is 1.91. The summed E-state index contributed by atoms with van der Waals surface area (Å²) in [5.41, 5.74) is 8.56.